The number of aryl methyl sites for hydroxylation is 4. The maximum absolute atomic E-state index is 2.55. The molecule has 0 aliphatic rings. The molecule has 0 fully saturated rings. The average molecular weight is 378 g/mol. The third kappa shape index (κ3) is 1.81. The molecular weight excluding hydrogens is 352 g/mol. The molecule has 3 aromatic heterocycles. The first-order valence-electron chi connectivity index (χ1n) is 10.4. The standard InChI is InChI=1S/C27H25N2/c1-14-13-19-11-12-28(6)26-23-17(4)15(2)16(3)18(5)25(23)29-21-10-8-7-9-20(21)22(14)27(29)24(19)26/h7-13H,1-6H3/q+1. The minimum Gasteiger partial charge on any atom is -0.307 e. The summed E-state index contributed by atoms with van der Waals surface area (Å²) in [6, 6.07) is 13.5. The summed E-state index contributed by atoms with van der Waals surface area (Å²) in [6.45, 7) is 11.4. The summed E-state index contributed by atoms with van der Waals surface area (Å²) in [5, 5.41) is 6.83. The van der Waals surface area contributed by atoms with Crippen LogP contribution in [0.4, 0.5) is 0 Å². The SMILES string of the molecule is Cc1c(C)c(C)c2c(c1C)c1c3c(cc[n+]1C)cc(C)c1c4ccccc4n2c13. The summed E-state index contributed by atoms with van der Waals surface area (Å²) in [7, 11) is 2.19. The summed E-state index contributed by atoms with van der Waals surface area (Å²) in [6.07, 6.45) is 2.22. The Hall–Kier alpha value is -3.13. The van der Waals surface area contributed by atoms with Crippen molar-refractivity contribution in [1.82, 2.24) is 4.40 Å². The highest BCUT2D eigenvalue weighted by molar-refractivity contribution is 6.28. The zero-order chi connectivity index (χ0) is 20.2. The zero-order valence-corrected chi connectivity index (χ0v) is 17.9. The molecule has 142 valence electrons. The molecule has 3 heterocycles. The lowest BCUT2D eigenvalue weighted by Crippen LogP contribution is -2.29. The van der Waals surface area contributed by atoms with Crippen LogP contribution in [0.3, 0.4) is 0 Å². The molecule has 6 aromatic rings. The van der Waals surface area contributed by atoms with Crippen LogP contribution < -0.4 is 4.57 Å². The minimum absolute atomic E-state index is 1.31. The molecule has 0 spiro atoms. The van der Waals surface area contributed by atoms with Gasteiger partial charge in [0.1, 0.15) is 7.05 Å². The first-order chi connectivity index (χ1) is 13.9. The fourth-order valence-electron chi connectivity index (χ4n) is 5.61. The van der Waals surface area contributed by atoms with Gasteiger partial charge in [0.15, 0.2) is 6.20 Å². The third-order valence-electron chi connectivity index (χ3n) is 7.35. The molecule has 6 rings (SSSR count). The van der Waals surface area contributed by atoms with Gasteiger partial charge in [-0.05, 0) is 73.9 Å². The largest absolute Gasteiger partial charge is 0.307 e. The lowest BCUT2D eigenvalue weighted by molar-refractivity contribution is -0.643. The normalized spacial score (nSPS) is 12.5. The van der Waals surface area contributed by atoms with E-state index >= 15 is 0 Å². The molecule has 0 atom stereocenters. The predicted molar refractivity (Wildman–Crippen MR) is 123 cm³/mol. The molecular formula is C27H25N2+. The average Bonchev–Trinajstić information content (AvgIpc) is 3.07. The van der Waals surface area contributed by atoms with E-state index in [1.165, 1.54) is 76.8 Å². The summed E-state index contributed by atoms with van der Waals surface area (Å²) in [5.74, 6) is 0. The van der Waals surface area contributed by atoms with Crippen molar-refractivity contribution in [3.8, 4) is 0 Å². The van der Waals surface area contributed by atoms with Gasteiger partial charge in [0.05, 0.1) is 27.3 Å². The smallest absolute Gasteiger partial charge is 0.224 e. The number of pyridine rings is 2. The highest BCUT2D eigenvalue weighted by atomic mass is 15.0. The summed E-state index contributed by atoms with van der Waals surface area (Å²) >= 11 is 0. The second-order valence-electron chi connectivity index (χ2n) is 8.73. The van der Waals surface area contributed by atoms with Gasteiger partial charge in [-0.25, -0.2) is 4.57 Å². The van der Waals surface area contributed by atoms with Crippen LogP contribution in [0, 0.1) is 34.6 Å². The van der Waals surface area contributed by atoms with E-state index in [1.54, 1.807) is 0 Å². The van der Waals surface area contributed by atoms with Crippen molar-refractivity contribution in [2.45, 2.75) is 34.6 Å². The van der Waals surface area contributed by atoms with Crippen LogP contribution in [0.15, 0.2) is 42.6 Å². The molecule has 3 aromatic carbocycles. The van der Waals surface area contributed by atoms with E-state index in [1.807, 2.05) is 0 Å². The maximum Gasteiger partial charge on any atom is 0.224 e. The Bertz CT molecular complexity index is 1650. The lowest BCUT2D eigenvalue weighted by atomic mass is 9.91. The van der Waals surface area contributed by atoms with E-state index in [4.69, 9.17) is 0 Å². The molecule has 2 heteroatoms. The highest BCUT2D eigenvalue weighted by Gasteiger charge is 2.26. The van der Waals surface area contributed by atoms with Crippen molar-refractivity contribution in [2.75, 3.05) is 0 Å². The van der Waals surface area contributed by atoms with Crippen molar-refractivity contribution < 1.29 is 4.57 Å². The van der Waals surface area contributed by atoms with Gasteiger partial charge in [0.2, 0.25) is 5.52 Å². The van der Waals surface area contributed by atoms with Crippen LogP contribution in [0.1, 0.15) is 27.8 Å². The fourth-order valence-corrected chi connectivity index (χ4v) is 5.61. The number of para-hydroxylation sites is 1. The van der Waals surface area contributed by atoms with E-state index in [0.717, 1.165) is 0 Å². The summed E-state index contributed by atoms with van der Waals surface area (Å²) in [5.41, 5.74) is 12.3. The minimum atomic E-state index is 1.31. The van der Waals surface area contributed by atoms with Crippen LogP contribution in [0.2, 0.25) is 0 Å². The highest BCUT2D eigenvalue weighted by Crippen LogP contribution is 2.44. The van der Waals surface area contributed by atoms with Crippen LogP contribution >= 0.6 is 0 Å². The fraction of sp³-hybridized carbons (Fsp3) is 0.222. The predicted octanol–water partition coefficient (Wildman–Crippen LogP) is 6.36. The van der Waals surface area contributed by atoms with Gasteiger partial charge in [-0.3, -0.25) is 0 Å². The zero-order valence-electron chi connectivity index (χ0n) is 17.9. The summed E-state index contributed by atoms with van der Waals surface area (Å²) < 4.78 is 4.87. The number of rotatable bonds is 0. The molecule has 0 saturated heterocycles. The Morgan fingerprint density at radius 3 is 2.24 bits per heavy atom. The van der Waals surface area contributed by atoms with Gasteiger partial charge < -0.3 is 4.40 Å². The molecule has 0 radical (unpaired) electrons. The molecule has 0 amide bonds. The van der Waals surface area contributed by atoms with Crippen LogP contribution in [-0.2, 0) is 7.05 Å². The quantitative estimate of drug-likeness (QED) is 0.165. The van der Waals surface area contributed by atoms with Gasteiger partial charge in [-0.15, -0.1) is 0 Å². The molecule has 0 unspecified atom stereocenters. The Morgan fingerprint density at radius 2 is 1.45 bits per heavy atom. The maximum atomic E-state index is 2.55. The second kappa shape index (κ2) is 5.27. The molecule has 0 N–H and O–H groups in total. The monoisotopic (exact) mass is 377 g/mol. The number of fused-ring (bicyclic) bond motifs is 6. The van der Waals surface area contributed by atoms with E-state index in [-0.39, 0.29) is 0 Å². The molecule has 0 aliphatic carbocycles. The third-order valence-corrected chi connectivity index (χ3v) is 7.35. The van der Waals surface area contributed by atoms with Crippen LogP contribution in [0.5, 0.6) is 0 Å². The van der Waals surface area contributed by atoms with Crippen LogP contribution in [-0.4, -0.2) is 4.40 Å². The number of hydrogen-bond acceptors (Lipinski definition) is 0. The first-order valence-corrected chi connectivity index (χ1v) is 10.4. The Kier molecular flexibility index (Phi) is 3.05. The topological polar surface area (TPSA) is 8.29 Å². The van der Waals surface area contributed by atoms with E-state index in [2.05, 4.69) is 93.2 Å². The molecule has 0 aliphatic heterocycles. The molecule has 29 heavy (non-hydrogen) atoms. The van der Waals surface area contributed by atoms with Crippen molar-refractivity contribution in [1.29, 1.82) is 0 Å². The Labute approximate surface area is 170 Å². The lowest BCUT2D eigenvalue weighted by Gasteiger charge is -2.18. The van der Waals surface area contributed by atoms with Gasteiger partial charge in [0, 0.05) is 16.8 Å². The number of benzene rings is 3. The van der Waals surface area contributed by atoms with Crippen molar-refractivity contribution in [3.63, 3.8) is 0 Å². The molecule has 0 bridgehead atoms. The molecule has 0 saturated carbocycles. The van der Waals surface area contributed by atoms with E-state index in [0.29, 0.717) is 0 Å². The van der Waals surface area contributed by atoms with E-state index < -0.39 is 0 Å². The van der Waals surface area contributed by atoms with Crippen molar-refractivity contribution >= 4 is 49.0 Å². The number of nitrogens with zero attached hydrogens (tertiary/aromatic N) is 2. The number of aromatic nitrogens is 2. The van der Waals surface area contributed by atoms with E-state index in [9.17, 15) is 0 Å². The van der Waals surface area contributed by atoms with Crippen LogP contribution in [0.25, 0.3) is 49.0 Å². The van der Waals surface area contributed by atoms with Gasteiger partial charge in [-0.2, -0.15) is 0 Å². The second-order valence-corrected chi connectivity index (χ2v) is 8.73. The summed E-state index contributed by atoms with van der Waals surface area (Å²) in [4.78, 5) is 0. The Morgan fingerprint density at radius 1 is 0.724 bits per heavy atom. The van der Waals surface area contributed by atoms with Gasteiger partial charge in [-0.1, -0.05) is 24.3 Å². The number of hydrogen-bond donors (Lipinski definition) is 0. The van der Waals surface area contributed by atoms with Crippen molar-refractivity contribution in [2.24, 2.45) is 7.05 Å². The first kappa shape index (κ1) is 16.8. The van der Waals surface area contributed by atoms with Gasteiger partial charge in [0.25, 0.3) is 0 Å². The van der Waals surface area contributed by atoms with Crippen molar-refractivity contribution in [3.05, 3.63) is 70.4 Å². The Balaban J connectivity index is 2.20. The molecule has 2 nitrogen and oxygen atoms in total. The van der Waals surface area contributed by atoms with Gasteiger partial charge >= 0.3 is 0 Å².